The van der Waals surface area contributed by atoms with Gasteiger partial charge in [-0.25, -0.2) is 0 Å². The van der Waals surface area contributed by atoms with Crippen LogP contribution in [0.15, 0.2) is 0 Å². The summed E-state index contributed by atoms with van der Waals surface area (Å²) in [4.78, 5) is 16.4. The number of halogens is 1. The Morgan fingerprint density at radius 1 is 1.44 bits per heavy atom. The van der Waals surface area contributed by atoms with E-state index in [1.807, 2.05) is 11.8 Å². The minimum Gasteiger partial charge on any atom is -0.340 e. The third-order valence-electron chi connectivity index (χ3n) is 3.43. The zero-order valence-electron chi connectivity index (χ0n) is 10.6. The van der Waals surface area contributed by atoms with Crippen LogP contribution in [0.3, 0.4) is 0 Å². The van der Waals surface area contributed by atoms with Crippen molar-refractivity contribution in [2.24, 2.45) is 0 Å². The number of amides is 1. The highest BCUT2D eigenvalue weighted by molar-refractivity contribution is 9.10. The molecule has 0 aromatic rings. The topological polar surface area (TPSA) is 23.6 Å². The highest BCUT2D eigenvalue weighted by Crippen LogP contribution is 2.19. The van der Waals surface area contributed by atoms with Crippen LogP contribution in [0, 0.1) is 0 Å². The smallest absolute Gasteiger partial charge is 0.236 e. The number of likely N-dealkylation sites (tertiary alicyclic amines) is 1. The van der Waals surface area contributed by atoms with Crippen molar-refractivity contribution in [3.63, 3.8) is 0 Å². The fourth-order valence-electron chi connectivity index (χ4n) is 2.35. The first-order valence-electron chi connectivity index (χ1n) is 6.30. The number of likely N-dealkylation sites (N-methyl/N-ethyl adjacent to an activating group) is 1. The number of carbonyl (C=O) groups excluding carboxylic acids is 1. The lowest BCUT2D eigenvalue weighted by Gasteiger charge is -2.26. The van der Waals surface area contributed by atoms with E-state index in [1.54, 1.807) is 0 Å². The van der Waals surface area contributed by atoms with Crippen LogP contribution in [-0.2, 0) is 4.79 Å². The van der Waals surface area contributed by atoms with Gasteiger partial charge in [-0.15, -0.1) is 0 Å². The molecular formula is C12H23BrN2O. The summed E-state index contributed by atoms with van der Waals surface area (Å²) >= 11 is 3.44. The molecule has 0 radical (unpaired) electrons. The first kappa shape index (κ1) is 14.0. The van der Waals surface area contributed by atoms with E-state index in [2.05, 4.69) is 34.7 Å². The highest BCUT2D eigenvalue weighted by atomic mass is 79.9. The average molecular weight is 291 g/mol. The van der Waals surface area contributed by atoms with E-state index in [4.69, 9.17) is 0 Å². The molecule has 1 aliphatic heterocycles. The molecular weight excluding hydrogens is 268 g/mol. The second kappa shape index (κ2) is 6.60. The molecule has 0 saturated carbocycles. The zero-order chi connectivity index (χ0) is 12.1. The number of carbonyl (C=O) groups is 1. The van der Waals surface area contributed by atoms with E-state index in [0.717, 1.165) is 39.0 Å². The third-order valence-corrected chi connectivity index (χ3v) is 4.47. The lowest BCUT2D eigenvalue weighted by Crippen LogP contribution is -2.40. The van der Waals surface area contributed by atoms with Crippen molar-refractivity contribution in [2.45, 2.75) is 44.5 Å². The maximum absolute atomic E-state index is 12.0. The standard InChI is InChI=1S/C12H23BrN2O/c1-4-11(13)12(16)15-8-7-10(9-15)14(5-2)6-3/h10-11H,4-9H2,1-3H3. The molecule has 0 spiro atoms. The summed E-state index contributed by atoms with van der Waals surface area (Å²) in [6.45, 7) is 10.4. The maximum atomic E-state index is 12.0. The van der Waals surface area contributed by atoms with E-state index in [-0.39, 0.29) is 10.7 Å². The fourth-order valence-corrected chi connectivity index (χ4v) is 2.64. The van der Waals surface area contributed by atoms with Crippen molar-refractivity contribution < 1.29 is 4.79 Å². The SMILES string of the molecule is CCC(Br)C(=O)N1CCC(N(CC)CC)C1. The summed E-state index contributed by atoms with van der Waals surface area (Å²) in [7, 11) is 0. The van der Waals surface area contributed by atoms with Crippen LogP contribution in [0.5, 0.6) is 0 Å². The van der Waals surface area contributed by atoms with Crippen LogP contribution < -0.4 is 0 Å². The van der Waals surface area contributed by atoms with E-state index in [9.17, 15) is 4.79 Å². The molecule has 1 amide bonds. The Bertz CT molecular complexity index is 231. The number of nitrogens with zero attached hydrogens (tertiary/aromatic N) is 2. The van der Waals surface area contributed by atoms with E-state index in [1.165, 1.54) is 0 Å². The molecule has 0 aromatic carbocycles. The molecule has 1 heterocycles. The number of hydrogen-bond donors (Lipinski definition) is 0. The van der Waals surface area contributed by atoms with Gasteiger partial charge >= 0.3 is 0 Å². The van der Waals surface area contributed by atoms with Crippen molar-refractivity contribution >= 4 is 21.8 Å². The van der Waals surface area contributed by atoms with Crippen LogP contribution in [0.1, 0.15) is 33.6 Å². The highest BCUT2D eigenvalue weighted by Gasteiger charge is 2.31. The van der Waals surface area contributed by atoms with Crippen LogP contribution >= 0.6 is 15.9 Å². The summed E-state index contributed by atoms with van der Waals surface area (Å²) in [5.74, 6) is 0.261. The summed E-state index contributed by atoms with van der Waals surface area (Å²) in [5.41, 5.74) is 0. The molecule has 1 saturated heterocycles. The zero-order valence-corrected chi connectivity index (χ0v) is 12.2. The molecule has 1 fully saturated rings. The summed E-state index contributed by atoms with van der Waals surface area (Å²) in [6, 6.07) is 0.565. The van der Waals surface area contributed by atoms with Gasteiger partial charge in [-0.1, -0.05) is 36.7 Å². The predicted molar refractivity (Wildman–Crippen MR) is 70.9 cm³/mol. The first-order valence-corrected chi connectivity index (χ1v) is 7.22. The van der Waals surface area contributed by atoms with Gasteiger partial charge in [0.05, 0.1) is 4.83 Å². The largest absolute Gasteiger partial charge is 0.340 e. The Hall–Kier alpha value is -0.0900. The Kier molecular flexibility index (Phi) is 5.76. The van der Waals surface area contributed by atoms with Crippen molar-refractivity contribution in [1.29, 1.82) is 0 Å². The summed E-state index contributed by atoms with van der Waals surface area (Å²) < 4.78 is 0. The van der Waals surface area contributed by atoms with Gasteiger partial charge in [0.15, 0.2) is 0 Å². The van der Waals surface area contributed by atoms with Gasteiger partial charge in [0.1, 0.15) is 0 Å². The third kappa shape index (κ3) is 3.20. The molecule has 2 unspecified atom stereocenters. The number of alkyl halides is 1. The van der Waals surface area contributed by atoms with Gasteiger partial charge in [0.2, 0.25) is 5.91 Å². The molecule has 1 aliphatic rings. The lowest BCUT2D eigenvalue weighted by molar-refractivity contribution is -0.129. The summed E-state index contributed by atoms with van der Waals surface area (Å²) in [5, 5.41) is 0. The van der Waals surface area contributed by atoms with Crippen LogP contribution in [-0.4, -0.2) is 52.8 Å². The fraction of sp³-hybridized carbons (Fsp3) is 0.917. The van der Waals surface area contributed by atoms with Gasteiger partial charge in [-0.2, -0.15) is 0 Å². The minimum absolute atomic E-state index is 0.00273. The molecule has 0 N–H and O–H groups in total. The van der Waals surface area contributed by atoms with Gasteiger partial charge in [0, 0.05) is 19.1 Å². The first-order chi connectivity index (χ1) is 7.63. The van der Waals surface area contributed by atoms with E-state index in [0.29, 0.717) is 6.04 Å². The lowest BCUT2D eigenvalue weighted by atomic mass is 10.2. The monoisotopic (exact) mass is 290 g/mol. The Balaban J connectivity index is 2.48. The number of rotatable bonds is 5. The maximum Gasteiger partial charge on any atom is 0.236 e. The predicted octanol–water partition coefficient (Wildman–Crippen LogP) is 2.10. The quantitative estimate of drug-likeness (QED) is 0.724. The second-order valence-electron chi connectivity index (χ2n) is 4.32. The normalized spacial score (nSPS) is 22.8. The minimum atomic E-state index is 0.00273. The van der Waals surface area contributed by atoms with Crippen molar-refractivity contribution in [3.8, 4) is 0 Å². The van der Waals surface area contributed by atoms with Crippen molar-refractivity contribution in [3.05, 3.63) is 0 Å². The van der Waals surface area contributed by atoms with Crippen LogP contribution in [0.2, 0.25) is 0 Å². The van der Waals surface area contributed by atoms with Gasteiger partial charge in [-0.3, -0.25) is 9.69 Å². The van der Waals surface area contributed by atoms with Crippen molar-refractivity contribution in [2.75, 3.05) is 26.2 Å². The molecule has 0 aromatic heterocycles. The molecule has 94 valence electrons. The van der Waals surface area contributed by atoms with Crippen LogP contribution in [0.4, 0.5) is 0 Å². The van der Waals surface area contributed by atoms with Gasteiger partial charge in [0.25, 0.3) is 0 Å². The van der Waals surface area contributed by atoms with E-state index < -0.39 is 0 Å². The molecule has 2 atom stereocenters. The summed E-state index contributed by atoms with van der Waals surface area (Å²) in [6.07, 6.45) is 1.99. The molecule has 4 heteroatoms. The van der Waals surface area contributed by atoms with Gasteiger partial charge < -0.3 is 4.90 Å². The van der Waals surface area contributed by atoms with Gasteiger partial charge in [-0.05, 0) is 25.9 Å². The molecule has 16 heavy (non-hydrogen) atoms. The van der Waals surface area contributed by atoms with Crippen LogP contribution in [0.25, 0.3) is 0 Å². The second-order valence-corrected chi connectivity index (χ2v) is 5.43. The Morgan fingerprint density at radius 2 is 2.06 bits per heavy atom. The average Bonchev–Trinajstić information content (AvgIpc) is 2.78. The molecule has 0 aliphatic carbocycles. The molecule has 3 nitrogen and oxygen atoms in total. The molecule has 0 bridgehead atoms. The Labute approximate surface area is 107 Å². The molecule has 1 rings (SSSR count). The Morgan fingerprint density at radius 3 is 2.56 bits per heavy atom. The van der Waals surface area contributed by atoms with Crippen molar-refractivity contribution in [1.82, 2.24) is 9.80 Å². The van der Waals surface area contributed by atoms with E-state index >= 15 is 0 Å². The number of hydrogen-bond acceptors (Lipinski definition) is 2.